The maximum atomic E-state index is 13.6. The van der Waals surface area contributed by atoms with Crippen molar-refractivity contribution < 1.29 is 9.90 Å². The number of phenols is 1. The van der Waals surface area contributed by atoms with Crippen LogP contribution in [0.5, 0.6) is 5.75 Å². The number of hydrogen-bond donors (Lipinski definition) is 3. The van der Waals surface area contributed by atoms with Crippen LogP contribution in [-0.4, -0.2) is 22.5 Å². The number of aromatic hydroxyl groups is 1. The highest BCUT2D eigenvalue weighted by Gasteiger charge is 2.33. The summed E-state index contributed by atoms with van der Waals surface area (Å²) < 4.78 is 0. The summed E-state index contributed by atoms with van der Waals surface area (Å²) in [6.07, 6.45) is 0.902. The summed E-state index contributed by atoms with van der Waals surface area (Å²) in [5, 5.41) is 13.4. The van der Waals surface area contributed by atoms with Gasteiger partial charge in [0.15, 0.2) is 0 Å². The number of fused-ring (bicyclic) bond motifs is 1. The third kappa shape index (κ3) is 5.44. The van der Waals surface area contributed by atoms with Crippen molar-refractivity contribution in [1.82, 2.24) is 4.90 Å². The van der Waals surface area contributed by atoms with Gasteiger partial charge in [0.2, 0.25) is 5.91 Å². The van der Waals surface area contributed by atoms with E-state index in [4.69, 9.17) is 5.73 Å². The zero-order chi connectivity index (χ0) is 22.1. The van der Waals surface area contributed by atoms with Crippen LogP contribution in [0.1, 0.15) is 39.4 Å². The van der Waals surface area contributed by atoms with Crippen molar-refractivity contribution in [2.75, 3.05) is 17.6 Å². The number of benzene rings is 3. The van der Waals surface area contributed by atoms with E-state index in [0.29, 0.717) is 6.54 Å². The molecule has 5 nitrogen and oxygen atoms in total. The van der Waals surface area contributed by atoms with Gasteiger partial charge in [0.05, 0.1) is 0 Å². The van der Waals surface area contributed by atoms with Gasteiger partial charge in [-0.05, 0) is 78.8 Å². The van der Waals surface area contributed by atoms with E-state index in [0.717, 1.165) is 52.2 Å². The highest BCUT2D eigenvalue weighted by Crippen LogP contribution is 2.34. The molecule has 176 valence electrons. The molecule has 33 heavy (non-hydrogen) atoms. The Morgan fingerprint density at radius 3 is 2.52 bits per heavy atom. The van der Waals surface area contributed by atoms with Crippen molar-refractivity contribution in [3.8, 4) is 5.75 Å². The van der Waals surface area contributed by atoms with E-state index < -0.39 is 6.04 Å². The van der Waals surface area contributed by atoms with Gasteiger partial charge in [0.1, 0.15) is 11.8 Å². The van der Waals surface area contributed by atoms with Gasteiger partial charge in [0, 0.05) is 24.5 Å². The van der Waals surface area contributed by atoms with Gasteiger partial charge in [0.25, 0.3) is 0 Å². The SMILES string of the molecule is Cc1cc(NC(=O)C2c3ccccc3CCN2Cc2cccc(N)c2)c(C)c(C)c1O.Cl.Cl. The second kappa shape index (κ2) is 10.9. The van der Waals surface area contributed by atoms with Crippen LogP contribution in [0.25, 0.3) is 0 Å². The first-order valence-electron chi connectivity index (χ1n) is 10.6. The van der Waals surface area contributed by atoms with Crippen LogP contribution in [0.15, 0.2) is 54.6 Å². The molecule has 0 saturated carbocycles. The second-order valence-electron chi connectivity index (χ2n) is 8.40. The number of halogens is 2. The zero-order valence-corrected chi connectivity index (χ0v) is 20.7. The molecule has 1 amide bonds. The highest BCUT2D eigenvalue weighted by atomic mass is 35.5. The third-order valence-corrected chi connectivity index (χ3v) is 6.28. The molecule has 0 spiro atoms. The Morgan fingerprint density at radius 2 is 1.79 bits per heavy atom. The minimum atomic E-state index is -0.403. The van der Waals surface area contributed by atoms with Crippen molar-refractivity contribution in [3.05, 3.63) is 88.0 Å². The van der Waals surface area contributed by atoms with E-state index in [1.54, 1.807) is 0 Å². The fourth-order valence-corrected chi connectivity index (χ4v) is 4.42. The van der Waals surface area contributed by atoms with E-state index in [9.17, 15) is 9.90 Å². The number of hydrogen-bond acceptors (Lipinski definition) is 4. The molecular weight excluding hydrogens is 457 g/mol. The minimum Gasteiger partial charge on any atom is -0.507 e. The molecule has 1 unspecified atom stereocenters. The number of anilines is 2. The predicted octanol–water partition coefficient (Wildman–Crippen LogP) is 5.48. The van der Waals surface area contributed by atoms with Crippen molar-refractivity contribution in [2.45, 2.75) is 39.8 Å². The summed E-state index contributed by atoms with van der Waals surface area (Å²) in [5.74, 6) is 0.213. The minimum absolute atomic E-state index is 0. The van der Waals surface area contributed by atoms with Crippen LogP contribution in [0.4, 0.5) is 11.4 Å². The fourth-order valence-electron chi connectivity index (χ4n) is 4.42. The molecule has 3 aromatic carbocycles. The average Bonchev–Trinajstić information content (AvgIpc) is 2.75. The van der Waals surface area contributed by atoms with Crippen molar-refractivity contribution in [3.63, 3.8) is 0 Å². The summed E-state index contributed by atoms with van der Waals surface area (Å²) in [6, 6.07) is 17.4. The maximum Gasteiger partial charge on any atom is 0.246 e. The predicted molar refractivity (Wildman–Crippen MR) is 140 cm³/mol. The molecule has 0 bridgehead atoms. The molecule has 1 aliphatic heterocycles. The number of nitrogens with one attached hydrogen (secondary N) is 1. The quantitative estimate of drug-likeness (QED) is 0.336. The summed E-state index contributed by atoms with van der Waals surface area (Å²) in [6.45, 7) is 7.07. The first-order valence-corrected chi connectivity index (χ1v) is 10.6. The summed E-state index contributed by atoms with van der Waals surface area (Å²) in [4.78, 5) is 15.8. The molecule has 0 aliphatic carbocycles. The number of amides is 1. The number of rotatable bonds is 4. The molecule has 1 heterocycles. The Morgan fingerprint density at radius 1 is 1.06 bits per heavy atom. The normalized spacial score (nSPS) is 15.1. The topological polar surface area (TPSA) is 78.6 Å². The molecule has 4 rings (SSSR count). The van der Waals surface area contributed by atoms with Crippen molar-refractivity contribution in [1.29, 1.82) is 0 Å². The molecule has 1 atom stereocenters. The summed E-state index contributed by atoms with van der Waals surface area (Å²) in [5.41, 5.74) is 13.2. The Bertz CT molecular complexity index is 1150. The molecular formula is C26H31Cl2N3O2. The van der Waals surface area contributed by atoms with Gasteiger partial charge in [-0.25, -0.2) is 0 Å². The molecule has 0 radical (unpaired) electrons. The molecule has 7 heteroatoms. The molecule has 4 N–H and O–H groups in total. The van der Waals surface area contributed by atoms with Gasteiger partial charge in [-0.2, -0.15) is 0 Å². The van der Waals surface area contributed by atoms with E-state index in [-0.39, 0.29) is 36.5 Å². The molecule has 0 aromatic heterocycles. The second-order valence-corrected chi connectivity index (χ2v) is 8.40. The standard InChI is InChI=1S/C26H29N3O2.2ClH/c1-16-13-23(17(2)18(3)25(16)30)28-26(31)24-22-10-5-4-8-20(22)11-12-29(24)15-19-7-6-9-21(27)14-19;;/h4-10,13-14,24,30H,11-12,15,27H2,1-3H3,(H,28,31);2*1H. The van der Waals surface area contributed by atoms with Crippen LogP contribution in [-0.2, 0) is 17.8 Å². The zero-order valence-electron chi connectivity index (χ0n) is 19.1. The largest absolute Gasteiger partial charge is 0.507 e. The summed E-state index contributed by atoms with van der Waals surface area (Å²) in [7, 11) is 0. The molecule has 0 fully saturated rings. The number of nitrogen functional groups attached to an aromatic ring is 1. The van der Waals surface area contributed by atoms with Crippen LogP contribution in [0, 0.1) is 20.8 Å². The number of aryl methyl sites for hydroxylation is 1. The van der Waals surface area contributed by atoms with Crippen molar-refractivity contribution in [2.24, 2.45) is 0 Å². The average molecular weight is 488 g/mol. The van der Waals surface area contributed by atoms with Crippen LogP contribution in [0.2, 0.25) is 0 Å². The fraction of sp³-hybridized carbons (Fsp3) is 0.269. The number of carbonyl (C=O) groups is 1. The van der Waals surface area contributed by atoms with E-state index in [2.05, 4.69) is 16.3 Å². The third-order valence-electron chi connectivity index (χ3n) is 6.28. The van der Waals surface area contributed by atoms with E-state index >= 15 is 0 Å². The first-order chi connectivity index (χ1) is 14.8. The van der Waals surface area contributed by atoms with E-state index in [1.165, 1.54) is 5.56 Å². The van der Waals surface area contributed by atoms with Gasteiger partial charge >= 0.3 is 0 Å². The number of nitrogens with two attached hydrogens (primary N) is 1. The van der Waals surface area contributed by atoms with Gasteiger partial charge in [-0.1, -0.05) is 36.4 Å². The smallest absolute Gasteiger partial charge is 0.246 e. The Kier molecular flexibility index (Phi) is 8.78. The van der Waals surface area contributed by atoms with Gasteiger partial charge in [-0.15, -0.1) is 24.8 Å². The van der Waals surface area contributed by atoms with Crippen LogP contribution < -0.4 is 11.1 Å². The monoisotopic (exact) mass is 487 g/mol. The van der Waals surface area contributed by atoms with Crippen LogP contribution >= 0.6 is 24.8 Å². The lowest BCUT2D eigenvalue weighted by Gasteiger charge is -2.36. The van der Waals surface area contributed by atoms with Gasteiger partial charge < -0.3 is 16.2 Å². The molecule has 0 saturated heterocycles. The summed E-state index contributed by atoms with van der Waals surface area (Å²) >= 11 is 0. The maximum absolute atomic E-state index is 13.6. The number of nitrogens with zero attached hydrogens (tertiary/aromatic N) is 1. The number of phenolic OH excluding ortho intramolecular Hbond substituents is 1. The van der Waals surface area contributed by atoms with Crippen LogP contribution in [0.3, 0.4) is 0 Å². The lowest BCUT2D eigenvalue weighted by molar-refractivity contribution is -0.122. The van der Waals surface area contributed by atoms with Crippen molar-refractivity contribution >= 4 is 42.1 Å². The Labute approximate surface area is 207 Å². The highest BCUT2D eigenvalue weighted by molar-refractivity contribution is 5.97. The lowest BCUT2D eigenvalue weighted by Crippen LogP contribution is -2.41. The lowest BCUT2D eigenvalue weighted by atomic mass is 9.91. The van der Waals surface area contributed by atoms with Gasteiger partial charge in [-0.3, -0.25) is 9.69 Å². The number of carbonyl (C=O) groups excluding carboxylic acids is 1. The Hall–Kier alpha value is -2.73. The van der Waals surface area contributed by atoms with E-state index in [1.807, 2.05) is 69.3 Å². The molecule has 1 aliphatic rings. The Balaban J connectivity index is 0.00000193. The molecule has 3 aromatic rings. The first kappa shape index (κ1) is 26.5.